The summed E-state index contributed by atoms with van der Waals surface area (Å²) < 4.78 is 40.8. The molecule has 0 radical (unpaired) electrons. The lowest BCUT2D eigenvalue weighted by Crippen LogP contribution is -2.57. The average molecular weight is 431 g/mol. The molecule has 3 aromatic rings. The second-order valence-corrected chi connectivity index (χ2v) is 9.08. The smallest absolute Gasteiger partial charge is 0.370 e. The van der Waals surface area contributed by atoms with E-state index in [4.69, 9.17) is 4.98 Å². The summed E-state index contributed by atoms with van der Waals surface area (Å²) in [4.78, 5) is 17.0. The predicted octanol–water partition coefficient (Wildman–Crippen LogP) is 3.61. The van der Waals surface area contributed by atoms with Crippen LogP contribution in [-0.4, -0.2) is 50.9 Å². The molecule has 7 nitrogen and oxygen atoms in total. The summed E-state index contributed by atoms with van der Waals surface area (Å²) >= 11 is 0. The fourth-order valence-electron chi connectivity index (χ4n) is 4.58. The van der Waals surface area contributed by atoms with Crippen molar-refractivity contribution in [1.82, 2.24) is 24.7 Å². The highest BCUT2D eigenvalue weighted by Crippen LogP contribution is 2.43. The van der Waals surface area contributed by atoms with Crippen molar-refractivity contribution >= 4 is 22.7 Å². The lowest BCUT2D eigenvalue weighted by molar-refractivity contribution is -0.141. The van der Waals surface area contributed by atoms with Gasteiger partial charge in [-0.3, -0.25) is 4.98 Å². The molecule has 0 atom stereocenters. The molecule has 5 heterocycles. The zero-order valence-electron chi connectivity index (χ0n) is 17.5. The normalized spacial score (nSPS) is 18.4. The molecule has 2 aliphatic rings. The minimum atomic E-state index is -4.43. The van der Waals surface area contributed by atoms with Gasteiger partial charge in [0, 0.05) is 50.0 Å². The van der Waals surface area contributed by atoms with E-state index < -0.39 is 11.9 Å². The standard InChI is InChI=1S/C21H24F3N7/c1-14(2)10-31-19-16(8-27-31)26-9-18(28-19)29-6-4-20(11-29)12-30(13-20)15-3-5-25-17(7-15)21(22,23)24/h3,5,7-9,14H,4,6,10-13H2,1-2H3. The number of hydrogen-bond donors (Lipinski definition) is 0. The molecule has 3 aromatic heterocycles. The Hall–Kier alpha value is -2.91. The van der Waals surface area contributed by atoms with Crippen LogP contribution in [0.25, 0.3) is 11.2 Å². The number of anilines is 2. The monoisotopic (exact) mass is 431 g/mol. The van der Waals surface area contributed by atoms with Crippen molar-refractivity contribution < 1.29 is 13.2 Å². The molecular formula is C21H24F3N7. The number of aromatic nitrogens is 5. The first-order chi connectivity index (χ1) is 14.7. The van der Waals surface area contributed by atoms with Crippen molar-refractivity contribution in [3.8, 4) is 0 Å². The van der Waals surface area contributed by atoms with Crippen LogP contribution < -0.4 is 9.80 Å². The van der Waals surface area contributed by atoms with Crippen LogP contribution in [0.1, 0.15) is 26.0 Å². The quantitative estimate of drug-likeness (QED) is 0.629. The summed E-state index contributed by atoms with van der Waals surface area (Å²) in [6.45, 7) is 8.19. The van der Waals surface area contributed by atoms with E-state index >= 15 is 0 Å². The molecule has 0 saturated carbocycles. The third-order valence-corrected chi connectivity index (χ3v) is 6.08. The second kappa shape index (κ2) is 7.06. The van der Waals surface area contributed by atoms with Gasteiger partial charge in [0.2, 0.25) is 0 Å². The largest absolute Gasteiger partial charge is 0.433 e. The number of fused-ring (bicyclic) bond motifs is 1. The number of halogens is 3. The van der Waals surface area contributed by atoms with Crippen LogP contribution in [0.3, 0.4) is 0 Å². The SMILES string of the molecule is CC(C)Cn1ncc2ncc(N3CCC4(CN(c5ccnc(C(F)(F)F)c5)C4)C3)nc21. The molecule has 2 aliphatic heterocycles. The Balaban J connectivity index is 1.29. The van der Waals surface area contributed by atoms with Gasteiger partial charge in [0.15, 0.2) is 5.65 Å². The molecule has 0 unspecified atom stereocenters. The molecule has 0 aliphatic carbocycles. The number of nitrogens with zero attached hydrogens (tertiary/aromatic N) is 7. The first kappa shape index (κ1) is 20.0. The molecule has 0 aromatic carbocycles. The highest BCUT2D eigenvalue weighted by Gasteiger charge is 2.48. The highest BCUT2D eigenvalue weighted by molar-refractivity contribution is 5.71. The molecule has 0 amide bonds. The average Bonchev–Trinajstić information content (AvgIpc) is 3.31. The van der Waals surface area contributed by atoms with Gasteiger partial charge in [-0.25, -0.2) is 14.6 Å². The minimum Gasteiger partial charge on any atom is -0.370 e. The van der Waals surface area contributed by atoms with E-state index in [1.54, 1.807) is 18.5 Å². The summed E-state index contributed by atoms with van der Waals surface area (Å²) in [6.07, 6.45) is 1.31. The number of pyridine rings is 1. The van der Waals surface area contributed by atoms with Crippen LogP contribution in [0, 0.1) is 11.3 Å². The van der Waals surface area contributed by atoms with Gasteiger partial charge in [-0.2, -0.15) is 18.3 Å². The molecule has 31 heavy (non-hydrogen) atoms. The molecule has 10 heteroatoms. The molecule has 164 valence electrons. The number of alkyl halides is 3. The van der Waals surface area contributed by atoms with E-state index in [-0.39, 0.29) is 5.41 Å². The van der Waals surface area contributed by atoms with Crippen LogP contribution in [0.15, 0.2) is 30.7 Å². The lowest BCUT2D eigenvalue weighted by Gasteiger charge is -2.49. The Morgan fingerprint density at radius 2 is 1.87 bits per heavy atom. The fourth-order valence-corrected chi connectivity index (χ4v) is 4.58. The summed E-state index contributed by atoms with van der Waals surface area (Å²) in [5, 5.41) is 4.41. The van der Waals surface area contributed by atoms with Crippen molar-refractivity contribution in [2.75, 3.05) is 36.0 Å². The van der Waals surface area contributed by atoms with E-state index in [1.165, 1.54) is 6.20 Å². The second-order valence-electron chi connectivity index (χ2n) is 9.08. The van der Waals surface area contributed by atoms with Crippen molar-refractivity contribution in [1.29, 1.82) is 0 Å². The van der Waals surface area contributed by atoms with Crippen molar-refractivity contribution in [3.63, 3.8) is 0 Å². The van der Waals surface area contributed by atoms with Crippen molar-refractivity contribution in [2.24, 2.45) is 11.3 Å². The molecule has 1 spiro atoms. The first-order valence-electron chi connectivity index (χ1n) is 10.4. The van der Waals surface area contributed by atoms with Gasteiger partial charge < -0.3 is 9.80 Å². The molecule has 2 fully saturated rings. The zero-order valence-corrected chi connectivity index (χ0v) is 17.5. The minimum absolute atomic E-state index is 0.0660. The molecular weight excluding hydrogens is 407 g/mol. The van der Waals surface area contributed by atoms with Gasteiger partial charge in [0.1, 0.15) is 17.0 Å². The third kappa shape index (κ3) is 3.68. The Morgan fingerprint density at radius 1 is 1.10 bits per heavy atom. The van der Waals surface area contributed by atoms with Gasteiger partial charge in [0.05, 0.1) is 12.4 Å². The maximum Gasteiger partial charge on any atom is 0.433 e. The van der Waals surface area contributed by atoms with Crippen molar-refractivity contribution in [2.45, 2.75) is 33.0 Å². The molecule has 0 bridgehead atoms. The van der Waals surface area contributed by atoms with Crippen LogP contribution >= 0.6 is 0 Å². The van der Waals surface area contributed by atoms with Crippen LogP contribution in [0.4, 0.5) is 24.7 Å². The number of hydrogen-bond acceptors (Lipinski definition) is 6. The predicted molar refractivity (Wildman–Crippen MR) is 111 cm³/mol. The first-order valence-corrected chi connectivity index (χ1v) is 10.4. The Kier molecular flexibility index (Phi) is 4.56. The molecule has 0 N–H and O–H groups in total. The van der Waals surface area contributed by atoms with Crippen molar-refractivity contribution in [3.05, 3.63) is 36.4 Å². The van der Waals surface area contributed by atoms with E-state index in [2.05, 4.69) is 33.8 Å². The summed E-state index contributed by atoms with van der Waals surface area (Å²) in [5.74, 6) is 1.28. The number of rotatable bonds is 4. The Morgan fingerprint density at radius 3 is 2.61 bits per heavy atom. The fraction of sp³-hybridized carbons (Fsp3) is 0.524. The highest BCUT2D eigenvalue weighted by atomic mass is 19.4. The van der Waals surface area contributed by atoms with Gasteiger partial charge in [-0.05, 0) is 24.5 Å². The topological polar surface area (TPSA) is 63.0 Å². The molecule has 5 rings (SSSR count). The van der Waals surface area contributed by atoms with E-state index in [9.17, 15) is 13.2 Å². The molecule has 2 saturated heterocycles. The third-order valence-electron chi connectivity index (χ3n) is 6.08. The van der Waals surface area contributed by atoms with E-state index in [1.807, 2.05) is 9.58 Å². The zero-order chi connectivity index (χ0) is 21.8. The Labute approximate surface area is 177 Å². The summed E-state index contributed by atoms with van der Waals surface area (Å²) in [5.41, 5.74) is 1.37. The van der Waals surface area contributed by atoms with Gasteiger partial charge in [-0.15, -0.1) is 0 Å². The Bertz CT molecular complexity index is 1100. The maximum absolute atomic E-state index is 13.0. The maximum atomic E-state index is 13.0. The van der Waals surface area contributed by atoms with Gasteiger partial charge >= 0.3 is 6.18 Å². The van der Waals surface area contributed by atoms with Gasteiger partial charge in [0.25, 0.3) is 0 Å². The van der Waals surface area contributed by atoms with E-state index in [0.29, 0.717) is 11.6 Å². The van der Waals surface area contributed by atoms with Gasteiger partial charge in [-0.1, -0.05) is 13.8 Å². The van der Waals surface area contributed by atoms with Crippen LogP contribution in [0.2, 0.25) is 0 Å². The summed E-state index contributed by atoms with van der Waals surface area (Å²) in [6, 6.07) is 2.78. The lowest BCUT2D eigenvalue weighted by atomic mass is 9.79. The van der Waals surface area contributed by atoms with Crippen LogP contribution in [0.5, 0.6) is 0 Å². The van der Waals surface area contributed by atoms with Crippen LogP contribution in [-0.2, 0) is 12.7 Å². The van der Waals surface area contributed by atoms with E-state index in [0.717, 1.165) is 62.2 Å². The summed E-state index contributed by atoms with van der Waals surface area (Å²) in [7, 11) is 0.